The van der Waals surface area contributed by atoms with Gasteiger partial charge in [-0.25, -0.2) is 0 Å². The molecule has 3 nitrogen and oxygen atoms in total. The molecule has 0 aliphatic rings. The third-order valence-corrected chi connectivity index (χ3v) is 4.72. The van der Waals surface area contributed by atoms with Crippen molar-refractivity contribution in [3.8, 4) is 11.5 Å². The summed E-state index contributed by atoms with van der Waals surface area (Å²) in [5, 5.41) is 20.1. The van der Waals surface area contributed by atoms with Gasteiger partial charge in [0.25, 0.3) is 0 Å². The monoisotopic (exact) mass is 326 g/mol. The third-order valence-electron chi connectivity index (χ3n) is 4.72. The van der Waals surface area contributed by atoms with E-state index < -0.39 is 0 Å². The van der Waals surface area contributed by atoms with Crippen LogP contribution in [0, 0.1) is 0 Å². The van der Waals surface area contributed by atoms with Crippen LogP contribution in [0.4, 0.5) is 0 Å². The van der Waals surface area contributed by atoms with E-state index in [1.165, 1.54) is 0 Å². The normalized spacial score (nSPS) is 10.8. The number of benzene rings is 2. The van der Waals surface area contributed by atoms with Gasteiger partial charge in [-0.3, -0.25) is 4.79 Å². The topological polar surface area (TPSA) is 57.5 Å². The van der Waals surface area contributed by atoms with Crippen molar-refractivity contribution >= 4 is 5.78 Å². The van der Waals surface area contributed by atoms with E-state index in [-0.39, 0.29) is 17.3 Å². The SMILES string of the molecule is CCc1c(O)ccc(C(=O)c2ccc(O)c(CC)c2CC)c1CC. The standard InChI is InChI=1S/C21H26O3/c1-5-13-15(7-3)19(22)11-9-17(13)21(24)18-10-12-20(23)16(8-4)14(18)6-2/h9-12,22-23H,5-8H2,1-4H3. The Hall–Kier alpha value is -2.29. The van der Waals surface area contributed by atoms with Crippen molar-refractivity contribution < 1.29 is 15.0 Å². The van der Waals surface area contributed by atoms with Gasteiger partial charge in [-0.2, -0.15) is 0 Å². The van der Waals surface area contributed by atoms with Crippen LogP contribution in [0.1, 0.15) is 65.9 Å². The minimum absolute atomic E-state index is 0.0342. The fraction of sp³-hybridized carbons (Fsp3) is 0.381. The van der Waals surface area contributed by atoms with Gasteiger partial charge in [-0.15, -0.1) is 0 Å². The number of rotatable bonds is 6. The van der Waals surface area contributed by atoms with Crippen LogP contribution in [0.25, 0.3) is 0 Å². The van der Waals surface area contributed by atoms with Gasteiger partial charge >= 0.3 is 0 Å². The molecule has 0 bridgehead atoms. The molecule has 0 amide bonds. The molecule has 0 aliphatic carbocycles. The summed E-state index contributed by atoms with van der Waals surface area (Å²) in [4.78, 5) is 13.2. The Morgan fingerprint density at radius 2 is 1.00 bits per heavy atom. The van der Waals surface area contributed by atoms with E-state index in [0.717, 1.165) is 22.3 Å². The first-order valence-electron chi connectivity index (χ1n) is 8.72. The van der Waals surface area contributed by atoms with Crippen molar-refractivity contribution in [3.63, 3.8) is 0 Å². The van der Waals surface area contributed by atoms with Crippen LogP contribution in [0.2, 0.25) is 0 Å². The maximum atomic E-state index is 13.2. The zero-order valence-electron chi connectivity index (χ0n) is 14.9. The van der Waals surface area contributed by atoms with Crippen LogP contribution < -0.4 is 0 Å². The van der Waals surface area contributed by atoms with Gasteiger partial charge in [0.05, 0.1) is 0 Å². The van der Waals surface area contributed by atoms with Crippen LogP contribution in [0.3, 0.4) is 0 Å². The highest BCUT2D eigenvalue weighted by Gasteiger charge is 2.21. The lowest BCUT2D eigenvalue weighted by molar-refractivity contribution is 0.103. The molecule has 0 saturated heterocycles. The molecule has 0 radical (unpaired) electrons. The van der Waals surface area contributed by atoms with Crippen molar-refractivity contribution in [3.05, 3.63) is 57.6 Å². The average molecular weight is 326 g/mol. The summed E-state index contributed by atoms with van der Waals surface area (Å²) >= 11 is 0. The lowest BCUT2D eigenvalue weighted by atomic mass is 9.87. The number of ketones is 1. The highest BCUT2D eigenvalue weighted by Crippen LogP contribution is 2.31. The summed E-state index contributed by atoms with van der Waals surface area (Å²) in [6.07, 6.45) is 2.76. The minimum Gasteiger partial charge on any atom is -0.508 e. The Balaban J connectivity index is 2.66. The predicted molar refractivity (Wildman–Crippen MR) is 97.2 cm³/mol. The second kappa shape index (κ2) is 7.52. The molecule has 3 heteroatoms. The smallest absolute Gasteiger partial charge is 0.193 e. The second-order valence-corrected chi connectivity index (χ2v) is 5.92. The zero-order valence-corrected chi connectivity index (χ0v) is 14.9. The van der Waals surface area contributed by atoms with E-state index in [9.17, 15) is 15.0 Å². The molecule has 128 valence electrons. The van der Waals surface area contributed by atoms with E-state index in [1.807, 2.05) is 27.7 Å². The highest BCUT2D eigenvalue weighted by atomic mass is 16.3. The molecule has 0 spiro atoms. The van der Waals surface area contributed by atoms with Gasteiger partial charge in [-0.1, -0.05) is 27.7 Å². The molecule has 2 rings (SSSR count). The fourth-order valence-electron chi connectivity index (χ4n) is 3.53. The number of carbonyl (C=O) groups is 1. The van der Waals surface area contributed by atoms with Crippen molar-refractivity contribution in [2.45, 2.75) is 53.4 Å². The Bertz CT molecular complexity index is 697. The van der Waals surface area contributed by atoms with E-state index in [2.05, 4.69) is 0 Å². The van der Waals surface area contributed by atoms with Gasteiger partial charge in [0, 0.05) is 11.1 Å². The summed E-state index contributed by atoms with van der Waals surface area (Å²) in [5.41, 5.74) is 4.81. The minimum atomic E-state index is -0.0342. The molecule has 2 aromatic rings. The van der Waals surface area contributed by atoms with Gasteiger partial charge in [0.15, 0.2) is 5.78 Å². The lowest BCUT2D eigenvalue weighted by Gasteiger charge is -2.17. The molecule has 0 aliphatic heterocycles. The Morgan fingerprint density at radius 1 is 0.667 bits per heavy atom. The maximum absolute atomic E-state index is 13.2. The number of carbonyl (C=O) groups excluding carboxylic acids is 1. The van der Waals surface area contributed by atoms with E-state index in [1.54, 1.807) is 24.3 Å². The Morgan fingerprint density at radius 3 is 1.29 bits per heavy atom. The van der Waals surface area contributed by atoms with Crippen LogP contribution in [0.5, 0.6) is 11.5 Å². The summed E-state index contributed by atoms with van der Waals surface area (Å²) < 4.78 is 0. The molecule has 0 heterocycles. The molecule has 2 aromatic carbocycles. The molecule has 0 fully saturated rings. The zero-order chi connectivity index (χ0) is 17.9. The molecular formula is C21H26O3. The molecule has 2 N–H and O–H groups in total. The van der Waals surface area contributed by atoms with E-state index in [4.69, 9.17) is 0 Å². The molecule has 0 saturated carbocycles. The maximum Gasteiger partial charge on any atom is 0.193 e. The Labute approximate surface area is 144 Å². The first-order chi connectivity index (χ1) is 11.5. The second-order valence-electron chi connectivity index (χ2n) is 5.92. The predicted octanol–water partition coefficient (Wildman–Crippen LogP) is 4.58. The molecule has 0 aromatic heterocycles. The molecule has 0 atom stereocenters. The number of hydrogen-bond acceptors (Lipinski definition) is 3. The largest absolute Gasteiger partial charge is 0.508 e. The summed E-state index contributed by atoms with van der Waals surface area (Å²) in [6, 6.07) is 6.65. The lowest BCUT2D eigenvalue weighted by Crippen LogP contribution is -2.11. The first kappa shape index (κ1) is 18.1. The summed E-state index contributed by atoms with van der Waals surface area (Å²) in [5.74, 6) is 0.469. The van der Waals surface area contributed by atoms with Gasteiger partial charge in [0.2, 0.25) is 0 Å². The van der Waals surface area contributed by atoms with Crippen molar-refractivity contribution in [1.82, 2.24) is 0 Å². The number of phenolic OH excluding ortho intramolecular Hbond substituents is 2. The average Bonchev–Trinajstić information content (AvgIpc) is 2.60. The van der Waals surface area contributed by atoms with E-state index >= 15 is 0 Å². The number of phenols is 2. The van der Waals surface area contributed by atoms with Gasteiger partial charge in [-0.05, 0) is 72.2 Å². The van der Waals surface area contributed by atoms with Crippen LogP contribution in [-0.4, -0.2) is 16.0 Å². The fourth-order valence-corrected chi connectivity index (χ4v) is 3.53. The molecule has 24 heavy (non-hydrogen) atoms. The van der Waals surface area contributed by atoms with Crippen molar-refractivity contribution in [2.75, 3.05) is 0 Å². The summed E-state index contributed by atoms with van der Waals surface area (Å²) in [7, 11) is 0. The first-order valence-corrected chi connectivity index (χ1v) is 8.72. The van der Waals surface area contributed by atoms with Crippen molar-refractivity contribution in [2.24, 2.45) is 0 Å². The van der Waals surface area contributed by atoms with E-state index in [0.29, 0.717) is 36.8 Å². The highest BCUT2D eigenvalue weighted by molar-refractivity contribution is 6.11. The van der Waals surface area contributed by atoms with Crippen LogP contribution in [0.15, 0.2) is 24.3 Å². The van der Waals surface area contributed by atoms with Gasteiger partial charge < -0.3 is 10.2 Å². The van der Waals surface area contributed by atoms with Gasteiger partial charge in [0.1, 0.15) is 11.5 Å². The molecular weight excluding hydrogens is 300 g/mol. The third kappa shape index (κ3) is 3.03. The van der Waals surface area contributed by atoms with Crippen LogP contribution >= 0.6 is 0 Å². The number of hydrogen-bond donors (Lipinski definition) is 2. The quantitative estimate of drug-likeness (QED) is 0.764. The molecule has 0 unspecified atom stereocenters. The van der Waals surface area contributed by atoms with Crippen molar-refractivity contribution in [1.29, 1.82) is 0 Å². The number of aromatic hydroxyl groups is 2. The van der Waals surface area contributed by atoms with Crippen LogP contribution in [-0.2, 0) is 25.7 Å². The Kier molecular flexibility index (Phi) is 5.66. The summed E-state index contributed by atoms with van der Waals surface area (Å²) in [6.45, 7) is 7.96.